The molecule has 1 aromatic heterocycles. The van der Waals surface area contributed by atoms with Crippen LogP contribution in [0.1, 0.15) is 11.7 Å². The Bertz CT molecular complexity index is 678. The Balaban J connectivity index is 1.94. The third kappa shape index (κ3) is 2.58. The fraction of sp³-hybridized carbons (Fsp3) is 0.200. The number of benzene rings is 1. The molecule has 0 saturated carbocycles. The van der Waals surface area contributed by atoms with E-state index >= 15 is 0 Å². The number of rotatable bonds is 3. The lowest BCUT2D eigenvalue weighted by atomic mass is 10.1. The Morgan fingerprint density at radius 1 is 1.48 bits per heavy atom. The molecule has 0 N–H and O–H groups in total. The van der Waals surface area contributed by atoms with Crippen molar-refractivity contribution in [3.05, 3.63) is 46.7 Å². The van der Waals surface area contributed by atoms with Gasteiger partial charge in [-0.1, -0.05) is 6.07 Å². The molecule has 2 aromatic rings. The molecule has 5 nitrogen and oxygen atoms in total. The zero-order chi connectivity index (χ0) is 14.8. The fourth-order valence-electron chi connectivity index (χ4n) is 2.32. The molecule has 0 saturated heterocycles. The standard InChI is InChI=1S/C15H13BrN2O3/c1-20-13-3-2-10(6-11(13)16)15-8-18(9-19)12-4-5-17-7-14(12)21-15/h2-7,9,15H,8H2,1H3. The van der Waals surface area contributed by atoms with Crippen LogP contribution in [0.4, 0.5) is 5.69 Å². The summed E-state index contributed by atoms with van der Waals surface area (Å²) in [5.41, 5.74) is 1.70. The number of ether oxygens (including phenoxy) is 2. The first-order chi connectivity index (χ1) is 10.2. The maximum atomic E-state index is 11.3. The van der Waals surface area contributed by atoms with Gasteiger partial charge in [0.05, 0.1) is 30.0 Å². The second kappa shape index (κ2) is 5.73. The number of carbonyl (C=O) groups is 1. The van der Waals surface area contributed by atoms with Crippen molar-refractivity contribution in [2.75, 3.05) is 18.6 Å². The van der Waals surface area contributed by atoms with Crippen molar-refractivity contribution in [1.29, 1.82) is 0 Å². The lowest BCUT2D eigenvalue weighted by Gasteiger charge is -2.32. The minimum absolute atomic E-state index is 0.242. The van der Waals surface area contributed by atoms with E-state index in [1.807, 2.05) is 18.2 Å². The molecule has 1 aliphatic heterocycles. The van der Waals surface area contributed by atoms with Gasteiger partial charge in [0.15, 0.2) is 5.75 Å². The summed E-state index contributed by atoms with van der Waals surface area (Å²) in [6.07, 6.45) is 3.83. The predicted molar refractivity (Wildman–Crippen MR) is 81.7 cm³/mol. The number of hydrogen-bond donors (Lipinski definition) is 0. The number of halogens is 1. The van der Waals surface area contributed by atoms with Crippen LogP contribution < -0.4 is 14.4 Å². The zero-order valence-electron chi connectivity index (χ0n) is 11.3. The second-order valence-corrected chi connectivity index (χ2v) is 5.46. The van der Waals surface area contributed by atoms with Crippen LogP contribution in [0.5, 0.6) is 11.5 Å². The van der Waals surface area contributed by atoms with Gasteiger partial charge in [0, 0.05) is 6.20 Å². The number of nitrogens with zero attached hydrogens (tertiary/aromatic N) is 2. The minimum Gasteiger partial charge on any atom is -0.496 e. The molecule has 0 aliphatic carbocycles. The summed E-state index contributed by atoms with van der Waals surface area (Å²) in [5, 5.41) is 0. The maximum Gasteiger partial charge on any atom is 0.214 e. The fourth-order valence-corrected chi connectivity index (χ4v) is 2.88. The number of aromatic nitrogens is 1. The molecule has 0 spiro atoms. The summed E-state index contributed by atoms with van der Waals surface area (Å²) < 4.78 is 12.0. The molecule has 6 heteroatoms. The van der Waals surface area contributed by atoms with Gasteiger partial charge in [-0.3, -0.25) is 9.78 Å². The van der Waals surface area contributed by atoms with E-state index < -0.39 is 0 Å². The van der Waals surface area contributed by atoms with Gasteiger partial charge in [-0.05, 0) is 39.7 Å². The molecule has 0 bridgehead atoms. The largest absolute Gasteiger partial charge is 0.496 e. The molecule has 1 atom stereocenters. The Labute approximate surface area is 130 Å². The van der Waals surface area contributed by atoms with Crippen LogP contribution in [-0.2, 0) is 4.79 Å². The van der Waals surface area contributed by atoms with E-state index in [1.54, 1.807) is 30.5 Å². The molecule has 1 aromatic carbocycles. The normalized spacial score (nSPS) is 16.9. The summed E-state index contributed by atoms with van der Waals surface area (Å²) in [7, 11) is 1.62. The van der Waals surface area contributed by atoms with Gasteiger partial charge >= 0.3 is 0 Å². The molecule has 0 fully saturated rings. The summed E-state index contributed by atoms with van der Waals surface area (Å²) in [4.78, 5) is 17.0. The Kier molecular flexibility index (Phi) is 3.79. The van der Waals surface area contributed by atoms with Gasteiger partial charge in [0.1, 0.15) is 11.9 Å². The van der Waals surface area contributed by atoms with Gasteiger partial charge in [0.2, 0.25) is 6.41 Å². The van der Waals surface area contributed by atoms with Crippen molar-refractivity contribution in [3.8, 4) is 11.5 Å². The van der Waals surface area contributed by atoms with Crippen LogP contribution in [0.15, 0.2) is 41.1 Å². The first kappa shape index (κ1) is 13.9. The number of fused-ring (bicyclic) bond motifs is 1. The third-order valence-electron chi connectivity index (χ3n) is 3.38. The van der Waals surface area contributed by atoms with Crippen LogP contribution in [0, 0.1) is 0 Å². The van der Waals surface area contributed by atoms with Gasteiger partial charge in [0.25, 0.3) is 0 Å². The number of methoxy groups -OCH3 is 1. The highest BCUT2D eigenvalue weighted by Gasteiger charge is 2.27. The molecule has 21 heavy (non-hydrogen) atoms. The number of pyridine rings is 1. The van der Waals surface area contributed by atoms with Crippen molar-refractivity contribution in [2.24, 2.45) is 0 Å². The number of carbonyl (C=O) groups excluding carboxylic acids is 1. The summed E-state index contributed by atoms with van der Waals surface area (Å²) in [5.74, 6) is 1.36. The van der Waals surface area contributed by atoms with Crippen molar-refractivity contribution >= 4 is 28.0 Å². The quantitative estimate of drug-likeness (QED) is 0.800. The average molecular weight is 349 g/mol. The Morgan fingerprint density at radius 2 is 2.33 bits per heavy atom. The SMILES string of the molecule is COc1ccc(C2CN(C=O)c3ccncc3O2)cc1Br. The maximum absolute atomic E-state index is 11.3. The van der Waals surface area contributed by atoms with E-state index in [-0.39, 0.29) is 6.10 Å². The van der Waals surface area contributed by atoms with Crippen LogP contribution in [0.2, 0.25) is 0 Å². The van der Waals surface area contributed by atoms with Crippen LogP contribution >= 0.6 is 15.9 Å². The van der Waals surface area contributed by atoms with E-state index in [0.717, 1.165) is 27.9 Å². The highest BCUT2D eigenvalue weighted by atomic mass is 79.9. The van der Waals surface area contributed by atoms with Gasteiger partial charge in [-0.25, -0.2) is 0 Å². The van der Waals surface area contributed by atoms with Gasteiger partial charge < -0.3 is 14.4 Å². The molecule has 1 aliphatic rings. The molecule has 1 amide bonds. The number of hydrogen-bond acceptors (Lipinski definition) is 4. The third-order valence-corrected chi connectivity index (χ3v) is 4.00. The summed E-state index contributed by atoms with van der Waals surface area (Å²) >= 11 is 3.46. The molecule has 1 unspecified atom stereocenters. The topological polar surface area (TPSA) is 51.7 Å². The Hall–Kier alpha value is -2.08. The zero-order valence-corrected chi connectivity index (χ0v) is 12.9. The monoisotopic (exact) mass is 348 g/mol. The van der Waals surface area contributed by atoms with Crippen LogP contribution in [0.25, 0.3) is 0 Å². The predicted octanol–water partition coefficient (Wildman–Crippen LogP) is 2.95. The number of anilines is 1. The lowest BCUT2D eigenvalue weighted by Crippen LogP contribution is -2.34. The van der Waals surface area contributed by atoms with E-state index in [1.165, 1.54) is 0 Å². The van der Waals surface area contributed by atoms with E-state index in [2.05, 4.69) is 20.9 Å². The van der Waals surface area contributed by atoms with E-state index in [4.69, 9.17) is 9.47 Å². The van der Waals surface area contributed by atoms with Crippen LogP contribution in [-0.4, -0.2) is 25.0 Å². The molecule has 2 heterocycles. The first-order valence-corrected chi connectivity index (χ1v) is 7.18. The minimum atomic E-state index is -0.242. The van der Waals surface area contributed by atoms with Gasteiger partial charge in [-0.2, -0.15) is 0 Å². The van der Waals surface area contributed by atoms with Crippen molar-refractivity contribution < 1.29 is 14.3 Å². The molecule has 108 valence electrons. The van der Waals surface area contributed by atoms with Gasteiger partial charge in [-0.15, -0.1) is 0 Å². The summed E-state index contributed by atoms with van der Waals surface area (Å²) in [6, 6.07) is 7.50. The van der Waals surface area contributed by atoms with E-state index in [0.29, 0.717) is 12.3 Å². The lowest BCUT2D eigenvalue weighted by molar-refractivity contribution is -0.107. The smallest absolute Gasteiger partial charge is 0.214 e. The molecule has 0 radical (unpaired) electrons. The molecule has 3 rings (SSSR count). The van der Waals surface area contributed by atoms with Crippen LogP contribution in [0.3, 0.4) is 0 Å². The number of amides is 1. The average Bonchev–Trinajstić information content (AvgIpc) is 2.53. The summed E-state index contributed by atoms with van der Waals surface area (Å²) in [6.45, 7) is 0.458. The van der Waals surface area contributed by atoms with Crippen molar-refractivity contribution in [1.82, 2.24) is 4.98 Å². The molecular formula is C15H13BrN2O3. The molecular weight excluding hydrogens is 336 g/mol. The first-order valence-electron chi connectivity index (χ1n) is 6.39. The van der Waals surface area contributed by atoms with E-state index in [9.17, 15) is 4.79 Å². The second-order valence-electron chi connectivity index (χ2n) is 4.60. The highest BCUT2D eigenvalue weighted by Crippen LogP contribution is 2.38. The highest BCUT2D eigenvalue weighted by molar-refractivity contribution is 9.10. The van der Waals surface area contributed by atoms with Crippen molar-refractivity contribution in [3.63, 3.8) is 0 Å². The van der Waals surface area contributed by atoms with Crippen molar-refractivity contribution in [2.45, 2.75) is 6.10 Å². The Morgan fingerprint density at radius 3 is 3.05 bits per heavy atom.